The number of rotatable bonds is 6. The molecule has 1 aromatic carbocycles. The van der Waals surface area contributed by atoms with Gasteiger partial charge in [0, 0.05) is 42.2 Å². The number of carbonyl (C=O) groups is 2. The molecule has 8 nitrogen and oxygen atoms in total. The third-order valence-electron chi connectivity index (χ3n) is 5.40. The smallest absolute Gasteiger partial charge is 0.339 e. The Morgan fingerprint density at radius 2 is 2.13 bits per heavy atom. The quantitative estimate of drug-likeness (QED) is 0.607. The van der Waals surface area contributed by atoms with E-state index in [1.54, 1.807) is 19.9 Å². The zero-order chi connectivity index (χ0) is 22.0. The predicted octanol–water partition coefficient (Wildman–Crippen LogP) is 3.48. The highest BCUT2D eigenvalue weighted by atomic mass is 16.5. The molecule has 0 aliphatic carbocycles. The van der Waals surface area contributed by atoms with E-state index in [4.69, 9.17) is 14.2 Å². The minimum atomic E-state index is -0.998. The highest BCUT2D eigenvalue weighted by Gasteiger charge is 2.28. The Labute approximate surface area is 180 Å². The van der Waals surface area contributed by atoms with Gasteiger partial charge in [0.1, 0.15) is 5.76 Å². The fraction of sp³-hybridized carbons (Fsp3) is 0.391. The standard InChI is InChI=1S/C23H26N4O4/c1-4-10-27-11-9-19-17(13-27)21(16-7-5-6-8-18(16)24-19)23(29)30-15(3)22(28)25-20-12-14(2)31-26-20/h5-8,12,15H,4,9-11,13H2,1-3H3,(H,25,26,28). The van der Waals surface area contributed by atoms with Gasteiger partial charge in [-0.15, -0.1) is 0 Å². The third kappa shape index (κ3) is 4.44. The number of pyridine rings is 1. The van der Waals surface area contributed by atoms with Crippen LogP contribution in [0.15, 0.2) is 34.9 Å². The highest BCUT2D eigenvalue weighted by molar-refractivity contribution is 6.06. The summed E-state index contributed by atoms with van der Waals surface area (Å²) in [6.07, 6.45) is 0.819. The van der Waals surface area contributed by atoms with E-state index in [0.29, 0.717) is 17.9 Å². The van der Waals surface area contributed by atoms with E-state index >= 15 is 0 Å². The van der Waals surface area contributed by atoms with Crippen LogP contribution in [0.4, 0.5) is 5.82 Å². The topological polar surface area (TPSA) is 97.6 Å². The van der Waals surface area contributed by atoms with Gasteiger partial charge in [-0.25, -0.2) is 4.79 Å². The van der Waals surface area contributed by atoms with Gasteiger partial charge in [0.25, 0.3) is 5.91 Å². The molecule has 0 bridgehead atoms. The van der Waals surface area contributed by atoms with E-state index in [2.05, 4.69) is 22.3 Å². The van der Waals surface area contributed by atoms with E-state index in [1.165, 1.54) is 0 Å². The lowest BCUT2D eigenvalue weighted by molar-refractivity contribution is -0.123. The number of hydrogen-bond donors (Lipinski definition) is 1. The molecule has 1 aliphatic heterocycles. The maximum absolute atomic E-state index is 13.3. The van der Waals surface area contributed by atoms with Crippen LogP contribution in [0.5, 0.6) is 0 Å². The molecule has 2 aromatic heterocycles. The van der Waals surface area contributed by atoms with Crippen molar-refractivity contribution in [2.45, 2.75) is 46.3 Å². The van der Waals surface area contributed by atoms with Crippen molar-refractivity contribution < 1.29 is 18.8 Å². The van der Waals surface area contributed by atoms with Gasteiger partial charge in [0.2, 0.25) is 0 Å². The molecular formula is C23H26N4O4. The summed E-state index contributed by atoms with van der Waals surface area (Å²) >= 11 is 0. The van der Waals surface area contributed by atoms with Crippen molar-refractivity contribution in [2.75, 3.05) is 18.4 Å². The number of carbonyl (C=O) groups excluding carboxylic acids is 2. The molecule has 1 aliphatic rings. The summed E-state index contributed by atoms with van der Waals surface area (Å²) in [6.45, 7) is 7.92. The van der Waals surface area contributed by atoms with E-state index in [-0.39, 0.29) is 5.82 Å². The molecule has 3 heterocycles. The van der Waals surface area contributed by atoms with Crippen molar-refractivity contribution >= 4 is 28.6 Å². The first kappa shape index (κ1) is 21.0. The number of esters is 1. The summed E-state index contributed by atoms with van der Waals surface area (Å²) in [6, 6.07) is 9.15. The van der Waals surface area contributed by atoms with Crippen molar-refractivity contribution in [3.63, 3.8) is 0 Å². The van der Waals surface area contributed by atoms with Crippen molar-refractivity contribution in [1.29, 1.82) is 0 Å². The Bertz CT molecular complexity index is 1120. The van der Waals surface area contributed by atoms with E-state index in [9.17, 15) is 9.59 Å². The predicted molar refractivity (Wildman–Crippen MR) is 116 cm³/mol. The second-order valence-corrected chi connectivity index (χ2v) is 7.81. The number of fused-ring (bicyclic) bond motifs is 2. The van der Waals surface area contributed by atoms with Crippen LogP contribution in [0.3, 0.4) is 0 Å². The molecule has 1 unspecified atom stereocenters. The van der Waals surface area contributed by atoms with Gasteiger partial charge < -0.3 is 14.6 Å². The molecule has 1 atom stereocenters. The second-order valence-electron chi connectivity index (χ2n) is 7.81. The fourth-order valence-electron chi connectivity index (χ4n) is 3.91. The number of aromatic nitrogens is 2. The summed E-state index contributed by atoms with van der Waals surface area (Å²) in [7, 11) is 0. The Hall–Kier alpha value is -3.26. The van der Waals surface area contributed by atoms with Gasteiger partial charge in [-0.2, -0.15) is 0 Å². The van der Waals surface area contributed by atoms with Crippen LogP contribution < -0.4 is 5.32 Å². The van der Waals surface area contributed by atoms with Gasteiger partial charge in [-0.3, -0.25) is 14.7 Å². The molecule has 0 spiro atoms. The van der Waals surface area contributed by atoms with Gasteiger partial charge in [-0.1, -0.05) is 30.3 Å². The van der Waals surface area contributed by atoms with Crippen LogP contribution in [-0.4, -0.2) is 46.1 Å². The van der Waals surface area contributed by atoms with Crippen LogP contribution in [0.1, 0.15) is 47.6 Å². The maximum atomic E-state index is 13.3. The van der Waals surface area contributed by atoms with Gasteiger partial charge >= 0.3 is 5.97 Å². The third-order valence-corrected chi connectivity index (χ3v) is 5.40. The number of para-hydroxylation sites is 1. The van der Waals surface area contributed by atoms with Crippen LogP contribution in [0.25, 0.3) is 10.9 Å². The number of aryl methyl sites for hydroxylation is 1. The normalized spacial score (nSPS) is 14.8. The minimum absolute atomic E-state index is 0.285. The minimum Gasteiger partial charge on any atom is -0.449 e. The first-order valence-corrected chi connectivity index (χ1v) is 10.5. The van der Waals surface area contributed by atoms with Crippen molar-refractivity contribution in [3.8, 4) is 0 Å². The van der Waals surface area contributed by atoms with Crippen LogP contribution >= 0.6 is 0 Å². The first-order chi connectivity index (χ1) is 15.0. The lowest BCUT2D eigenvalue weighted by Crippen LogP contribution is -2.34. The Morgan fingerprint density at radius 3 is 2.87 bits per heavy atom. The Balaban J connectivity index is 1.62. The number of ether oxygens (including phenoxy) is 1. The first-order valence-electron chi connectivity index (χ1n) is 10.5. The summed E-state index contributed by atoms with van der Waals surface area (Å²) in [5.41, 5.74) is 3.07. The largest absolute Gasteiger partial charge is 0.449 e. The van der Waals surface area contributed by atoms with E-state index < -0.39 is 18.0 Å². The van der Waals surface area contributed by atoms with E-state index in [1.807, 2.05) is 24.3 Å². The SMILES string of the molecule is CCCN1CCc2nc3ccccc3c(C(=O)OC(C)C(=O)Nc3cc(C)on3)c2C1. The summed E-state index contributed by atoms with van der Waals surface area (Å²) in [5, 5.41) is 7.08. The fourth-order valence-corrected chi connectivity index (χ4v) is 3.91. The van der Waals surface area contributed by atoms with Crippen LogP contribution in [-0.2, 0) is 22.5 Å². The molecule has 3 aromatic rings. The van der Waals surface area contributed by atoms with Gasteiger partial charge in [0.15, 0.2) is 11.9 Å². The highest BCUT2D eigenvalue weighted by Crippen LogP contribution is 2.29. The van der Waals surface area contributed by atoms with Gasteiger partial charge in [-0.05, 0) is 32.9 Å². The summed E-state index contributed by atoms with van der Waals surface area (Å²) in [5.74, 6) is -0.132. The molecule has 4 rings (SSSR count). The molecule has 0 radical (unpaired) electrons. The van der Waals surface area contributed by atoms with Crippen molar-refractivity contribution in [1.82, 2.24) is 15.0 Å². The second kappa shape index (κ2) is 8.85. The lowest BCUT2D eigenvalue weighted by Gasteiger charge is -2.29. The number of anilines is 1. The lowest BCUT2D eigenvalue weighted by atomic mass is 9.95. The Morgan fingerprint density at radius 1 is 1.32 bits per heavy atom. The molecule has 0 fully saturated rings. The van der Waals surface area contributed by atoms with Crippen LogP contribution in [0.2, 0.25) is 0 Å². The number of hydrogen-bond acceptors (Lipinski definition) is 7. The monoisotopic (exact) mass is 422 g/mol. The number of nitrogens with one attached hydrogen (secondary N) is 1. The molecule has 8 heteroatoms. The maximum Gasteiger partial charge on any atom is 0.339 e. The molecule has 0 saturated heterocycles. The Kier molecular flexibility index (Phi) is 5.99. The van der Waals surface area contributed by atoms with Crippen LogP contribution in [0, 0.1) is 6.92 Å². The average Bonchev–Trinajstić information content (AvgIpc) is 3.16. The van der Waals surface area contributed by atoms with E-state index in [0.717, 1.165) is 48.1 Å². The number of benzene rings is 1. The molecule has 31 heavy (non-hydrogen) atoms. The summed E-state index contributed by atoms with van der Waals surface area (Å²) in [4.78, 5) is 32.9. The zero-order valence-corrected chi connectivity index (χ0v) is 18.0. The van der Waals surface area contributed by atoms with Crippen molar-refractivity contribution in [2.24, 2.45) is 0 Å². The molecule has 162 valence electrons. The van der Waals surface area contributed by atoms with Crippen molar-refractivity contribution in [3.05, 3.63) is 52.9 Å². The number of nitrogens with zero attached hydrogens (tertiary/aromatic N) is 3. The summed E-state index contributed by atoms with van der Waals surface area (Å²) < 4.78 is 10.5. The molecule has 1 amide bonds. The molecule has 0 saturated carbocycles. The average molecular weight is 422 g/mol. The molecular weight excluding hydrogens is 396 g/mol. The number of amides is 1. The van der Waals surface area contributed by atoms with Gasteiger partial charge in [0.05, 0.1) is 11.1 Å². The zero-order valence-electron chi connectivity index (χ0n) is 18.0. The molecule has 1 N–H and O–H groups in total.